The molecule has 0 radical (unpaired) electrons. The van der Waals surface area contributed by atoms with Crippen molar-refractivity contribution in [3.05, 3.63) is 69.7 Å². The van der Waals surface area contributed by atoms with Crippen LogP contribution in [0, 0.1) is 0 Å². The van der Waals surface area contributed by atoms with E-state index in [9.17, 15) is 0 Å². The van der Waals surface area contributed by atoms with E-state index in [2.05, 4.69) is 0 Å². The summed E-state index contributed by atoms with van der Waals surface area (Å²) in [6, 6.07) is 15.4. The summed E-state index contributed by atoms with van der Waals surface area (Å²) in [5, 5.41) is 1.50. The molecule has 0 aliphatic rings. The van der Waals surface area contributed by atoms with Gasteiger partial charge < -0.3 is 0 Å². The topological polar surface area (TPSA) is 0 Å². The molecule has 16 heavy (non-hydrogen) atoms. The van der Waals surface area contributed by atoms with Crippen molar-refractivity contribution in [1.29, 1.82) is 0 Å². The van der Waals surface area contributed by atoms with Crippen LogP contribution in [0.3, 0.4) is 0 Å². The van der Waals surface area contributed by atoms with Gasteiger partial charge in [0.1, 0.15) is 0 Å². The summed E-state index contributed by atoms with van der Waals surface area (Å²) in [6.45, 7) is 0. The third kappa shape index (κ3) is 2.88. The van der Waals surface area contributed by atoms with Crippen molar-refractivity contribution >= 4 is 35.4 Å². The molecule has 0 aliphatic carbocycles. The molecule has 0 fully saturated rings. The van der Waals surface area contributed by atoms with Gasteiger partial charge in [0, 0.05) is 10.0 Å². The van der Waals surface area contributed by atoms with Crippen LogP contribution < -0.4 is 0 Å². The highest BCUT2D eigenvalue weighted by atomic mass is 35.5. The molecule has 0 bridgehead atoms. The number of halogens is 2. The standard InChI is InChI=1S/C14H10Cl2/c15-13-9-6-11(7-10-13)5-8-12-3-1-2-4-14(12)16/h1-10H/b8-5-. The molecular weight excluding hydrogens is 239 g/mol. The van der Waals surface area contributed by atoms with Crippen LogP contribution in [-0.4, -0.2) is 0 Å². The molecule has 0 spiro atoms. The highest BCUT2D eigenvalue weighted by Crippen LogP contribution is 2.18. The van der Waals surface area contributed by atoms with Crippen LogP contribution in [0.1, 0.15) is 11.1 Å². The lowest BCUT2D eigenvalue weighted by Gasteiger charge is -1.97. The molecular formula is C14H10Cl2. The molecule has 0 aliphatic heterocycles. The molecule has 0 heterocycles. The SMILES string of the molecule is Clc1ccc(/C=C\c2ccccc2Cl)cc1. The summed E-state index contributed by atoms with van der Waals surface area (Å²) in [5.74, 6) is 0. The maximum absolute atomic E-state index is 6.04. The van der Waals surface area contributed by atoms with Gasteiger partial charge in [-0.05, 0) is 29.3 Å². The average molecular weight is 249 g/mol. The Labute approximate surface area is 105 Å². The maximum Gasteiger partial charge on any atom is 0.0478 e. The normalized spacial score (nSPS) is 10.9. The minimum Gasteiger partial charge on any atom is -0.0843 e. The van der Waals surface area contributed by atoms with Crippen LogP contribution in [0.25, 0.3) is 12.2 Å². The Kier molecular flexibility index (Phi) is 3.66. The first-order valence-corrected chi connectivity index (χ1v) is 5.69. The summed E-state index contributed by atoms with van der Waals surface area (Å²) in [6.07, 6.45) is 4.00. The Morgan fingerprint density at radius 3 is 2.12 bits per heavy atom. The van der Waals surface area contributed by atoms with Gasteiger partial charge in [-0.1, -0.05) is 65.7 Å². The smallest absolute Gasteiger partial charge is 0.0478 e. The Hall–Kier alpha value is -1.24. The van der Waals surface area contributed by atoms with Crippen LogP contribution in [0.4, 0.5) is 0 Å². The fraction of sp³-hybridized carbons (Fsp3) is 0. The number of hydrogen-bond donors (Lipinski definition) is 0. The van der Waals surface area contributed by atoms with Gasteiger partial charge >= 0.3 is 0 Å². The minimum atomic E-state index is 0.745. The zero-order valence-corrected chi connectivity index (χ0v) is 10.0. The third-order valence-electron chi connectivity index (χ3n) is 2.23. The molecule has 2 rings (SSSR count). The van der Waals surface area contributed by atoms with E-state index in [0.29, 0.717) is 0 Å². The van der Waals surface area contributed by atoms with Crippen molar-refractivity contribution in [2.75, 3.05) is 0 Å². The molecule has 0 N–H and O–H groups in total. The van der Waals surface area contributed by atoms with Crippen LogP contribution in [-0.2, 0) is 0 Å². The predicted molar refractivity (Wildman–Crippen MR) is 71.8 cm³/mol. The number of hydrogen-bond acceptors (Lipinski definition) is 0. The number of rotatable bonds is 2. The molecule has 2 heteroatoms. The molecule has 0 aromatic heterocycles. The summed E-state index contributed by atoms with van der Waals surface area (Å²) in [4.78, 5) is 0. The highest BCUT2D eigenvalue weighted by molar-refractivity contribution is 6.32. The summed E-state index contributed by atoms with van der Waals surface area (Å²) in [7, 11) is 0. The quantitative estimate of drug-likeness (QED) is 0.644. The largest absolute Gasteiger partial charge is 0.0843 e. The lowest BCUT2D eigenvalue weighted by atomic mass is 10.1. The second-order valence-electron chi connectivity index (χ2n) is 3.41. The summed E-state index contributed by atoms with van der Waals surface area (Å²) >= 11 is 11.9. The molecule has 0 amide bonds. The fourth-order valence-electron chi connectivity index (χ4n) is 1.37. The minimum absolute atomic E-state index is 0.745. The lowest BCUT2D eigenvalue weighted by Crippen LogP contribution is -1.74. The zero-order chi connectivity index (χ0) is 11.4. The van der Waals surface area contributed by atoms with Crippen molar-refractivity contribution < 1.29 is 0 Å². The van der Waals surface area contributed by atoms with E-state index in [1.807, 2.05) is 60.7 Å². The fourth-order valence-corrected chi connectivity index (χ4v) is 1.69. The molecule has 80 valence electrons. The molecule has 0 unspecified atom stereocenters. The second-order valence-corrected chi connectivity index (χ2v) is 4.25. The molecule has 2 aromatic carbocycles. The van der Waals surface area contributed by atoms with E-state index >= 15 is 0 Å². The van der Waals surface area contributed by atoms with Gasteiger partial charge in [0.15, 0.2) is 0 Å². The highest BCUT2D eigenvalue weighted by Gasteiger charge is 1.93. The van der Waals surface area contributed by atoms with Gasteiger partial charge in [-0.15, -0.1) is 0 Å². The third-order valence-corrected chi connectivity index (χ3v) is 2.83. The summed E-state index contributed by atoms with van der Waals surface area (Å²) in [5.41, 5.74) is 2.11. The van der Waals surface area contributed by atoms with E-state index in [1.165, 1.54) is 0 Å². The predicted octanol–water partition coefficient (Wildman–Crippen LogP) is 5.16. The van der Waals surface area contributed by atoms with Crippen molar-refractivity contribution in [2.45, 2.75) is 0 Å². The molecule has 0 nitrogen and oxygen atoms in total. The number of benzene rings is 2. The van der Waals surface area contributed by atoms with Crippen LogP contribution in [0.15, 0.2) is 48.5 Å². The Bertz CT molecular complexity index is 498. The Morgan fingerprint density at radius 1 is 0.750 bits per heavy atom. The van der Waals surface area contributed by atoms with Crippen LogP contribution in [0.2, 0.25) is 10.0 Å². The molecule has 0 atom stereocenters. The van der Waals surface area contributed by atoms with Crippen molar-refractivity contribution in [3.63, 3.8) is 0 Å². The molecule has 2 aromatic rings. The summed E-state index contributed by atoms with van der Waals surface area (Å²) < 4.78 is 0. The Morgan fingerprint density at radius 2 is 1.44 bits per heavy atom. The van der Waals surface area contributed by atoms with E-state index in [4.69, 9.17) is 23.2 Å². The lowest BCUT2D eigenvalue weighted by molar-refractivity contribution is 1.64. The van der Waals surface area contributed by atoms with Gasteiger partial charge in [-0.2, -0.15) is 0 Å². The van der Waals surface area contributed by atoms with E-state index in [-0.39, 0.29) is 0 Å². The monoisotopic (exact) mass is 248 g/mol. The van der Waals surface area contributed by atoms with Crippen LogP contribution >= 0.6 is 23.2 Å². The van der Waals surface area contributed by atoms with Crippen molar-refractivity contribution in [1.82, 2.24) is 0 Å². The maximum atomic E-state index is 6.04. The van der Waals surface area contributed by atoms with Gasteiger partial charge in [-0.3, -0.25) is 0 Å². The second kappa shape index (κ2) is 5.20. The van der Waals surface area contributed by atoms with Gasteiger partial charge in [0.25, 0.3) is 0 Å². The van der Waals surface area contributed by atoms with Crippen molar-refractivity contribution in [2.24, 2.45) is 0 Å². The average Bonchev–Trinajstić information content (AvgIpc) is 2.30. The van der Waals surface area contributed by atoms with Gasteiger partial charge in [0.05, 0.1) is 0 Å². The van der Waals surface area contributed by atoms with Crippen LogP contribution in [0.5, 0.6) is 0 Å². The molecule has 0 saturated carbocycles. The molecule has 0 saturated heterocycles. The Balaban J connectivity index is 2.21. The first-order chi connectivity index (χ1) is 7.75. The zero-order valence-electron chi connectivity index (χ0n) is 8.53. The van der Waals surface area contributed by atoms with Gasteiger partial charge in [-0.25, -0.2) is 0 Å². The van der Waals surface area contributed by atoms with E-state index in [0.717, 1.165) is 21.2 Å². The van der Waals surface area contributed by atoms with Gasteiger partial charge in [0.2, 0.25) is 0 Å². The first kappa shape index (κ1) is 11.3. The van der Waals surface area contributed by atoms with E-state index < -0.39 is 0 Å². The van der Waals surface area contributed by atoms with Crippen molar-refractivity contribution in [3.8, 4) is 0 Å². The van der Waals surface area contributed by atoms with E-state index in [1.54, 1.807) is 0 Å². The first-order valence-electron chi connectivity index (χ1n) is 4.94.